The lowest BCUT2D eigenvalue weighted by Gasteiger charge is -2.12. The maximum atomic E-state index is 5.92. The molecule has 0 bridgehead atoms. The molecule has 100 valence electrons. The number of anilines is 1. The Morgan fingerprint density at radius 1 is 1.21 bits per heavy atom. The van der Waals surface area contributed by atoms with Crippen LogP contribution in [-0.2, 0) is 6.54 Å². The molecule has 0 amide bonds. The van der Waals surface area contributed by atoms with Crippen molar-refractivity contribution in [2.24, 2.45) is 0 Å². The molecule has 0 heterocycles. The van der Waals surface area contributed by atoms with Crippen LogP contribution in [0.5, 0.6) is 5.75 Å². The maximum absolute atomic E-state index is 5.92. The Bertz CT molecular complexity index is 560. The second kappa shape index (κ2) is 6.83. The van der Waals surface area contributed by atoms with E-state index in [-0.39, 0.29) is 0 Å². The molecule has 2 nitrogen and oxygen atoms in total. The van der Waals surface area contributed by atoms with Gasteiger partial charge in [-0.05, 0) is 47.1 Å². The Hall–Kier alpha value is -1.19. The van der Waals surface area contributed by atoms with E-state index < -0.39 is 0 Å². The minimum atomic E-state index is 0.668. The Morgan fingerprint density at radius 3 is 2.74 bits per heavy atom. The Morgan fingerprint density at radius 2 is 2.00 bits per heavy atom. The summed E-state index contributed by atoms with van der Waals surface area (Å²) in [5.74, 6) is 0.919. The van der Waals surface area contributed by atoms with Gasteiger partial charge in [0, 0.05) is 27.3 Å². The van der Waals surface area contributed by atoms with E-state index in [1.54, 1.807) is 0 Å². The van der Waals surface area contributed by atoms with E-state index in [4.69, 9.17) is 16.3 Å². The molecule has 0 fully saturated rings. The molecule has 0 radical (unpaired) electrons. The van der Waals surface area contributed by atoms with Crippen molar-refractivity contribution in [3.8, 4) is 5.75 Å². The predicted octanol–water partition coefficient (Wildman–Crippen LogP) is 5.11. The molecule has 1 N–H and O–H groups in total. The van der Waals surface area contributed by atoms with Gasteiger partial charge in [-0.25, -0.2) is 0 Å². The first-order chi connectivity index (χ1) is 9.20. The van der Waals surface area contributed by atoms with Gasteiger partial charge in [0.25, 0.3) is 0 Å². The highest BCUT2D eigenvalue weighted by Gasteiger charge is 2.04. The van der Waals surface area contributed by atoms with Crippen LogP contribution in [0.25, 0.3) is 0 Å². The lowest BCUT2D eigenvalue weighted by Crippen LogP contribution is -2.03. The zero-order valence-electron chi connectivity index (χ0n) is 10.6. The Labute approximate surface area is 126 Å². The predicted molar refractivity (Wildman–Crippen MR) is 84.1 cm³/mol. The van der Waals surface area contributed by atoms with Crippen LogP contribution in [0.3, 0.4) is 0 Å². The first-order valence-electron chi connectivity index (χ1n) is 6.10. The van der Waals surface area contributed by atoms with Crippen molar-refractivity contribution in [2.75, 3.05) is 11.9 Å². The van der Waals surface area contributed by atoms with Gasteiger partial charge >= 0.3 is 0 Å². The van der Waals surface area contributed by atoms with Gasteiger partial charge in [-0.1, -0.05) is 29.8 Å². The van der Waals surface area contributed by atoms with Gasteiger partial charge in [-0.3, -0.25) is 0 Å². The second-order valence-corrected chi connectivity index (χ2v) is 5.31. The van der Waals surface area contributed by atoms with E-state index >= 15 is 0 Å². The van der Waals surface area contributed by atoms with Crippen LogP contribution < -0.4 is 10.1 Å². The maximum Gasteiger partial charge on any atom is 0.124 e. The van der Waals surface area contributed by atoms with Gasteiger partial charge in [-0.2, -0.15) is 0 Å². The summed E-state index contributed by atoms with van der Waals surface area (Å²) in [5.41, 5.74) is 2.14. The van der Waals surface area contributed by atoms with Gasteiger partial charge in [0.15, 0.2) is 0 Å². The van der Waals surface area contributed by atoms with Crippen molar-refractivity contribution < 1.29 is 4.74 Å². The molecule has 0 spiro atoms. The summed E-state index contributed by atoms with van der Waals surface area (Å²) in [5, 5.41) is 4.08. The quantitative estimate of drug-likeness (QED) is 0.816. The molecule has 0 saturated carbocycles. The van der Waals surface area contributed by atoms with E-state index in [1.807, 2.05) is 43.3 Å². The topological polar surface area (TPSA) is 21.3 Å². The van der Waals surface area contributed by atoms with Crippen molar-refractivity contribution >= 4 is 33.2 Å². The first kappa shape index (κ1) is 14.2. The normalized spacial score (nSPS) is 10.3. The summed E-state index contributed by atoms with van der Waals surface area (Å²) in [6.07, 6.45) is 0. The van der Waals surface area contributed by atoms with Gasteiger partial charge in [-0.15, -0.1) is 0 Å². The number of rotatable bonds is 5. The third-order valence-electron chi connectivity index (χ3n) is 2.67. The molecule has 0 aliphatic heterocycles. The van der Waals surface area contributed by atoms with E-state index in [1.165, 1.54) is 0 Å². The molecule has 19 heavy (non-hydrogen) atoms. The summed E-state index contributed by atoms with van der Waals surface area (Å²) in [6.45, 7) is 3.36. The molecule has 2 aromatic rings. The molecule has 0 saturated heterocycles. The number of hydrogen-bond donors (Lipinski definition) is 1. The number of para-hydroxylation sites is 1. The first-order valence-corrected chi connectivity index (χ1v) is 7.27. The van der Waals surface area contributed by atoms with E-state index in [2.05, 4.69) is 27.3 Å². The molecule has 0 aliphatic rings. The van der Waals surface area contributed by atoms with Gasteiger partial charge in [0.2, 0.25) is 0 Å². The second-order valence-electron chi connectivity index (χ2n) is 4.02. The Balaban J connectivity index is 2.10. The van der Waals surface area contributed by atoms with Crippen LogP contribution in [0.1, 0.15) is 12.5 Å². The zero-order valence-corrected chi connectivity index (χ0v) is 13.0. The molecule has 0 atom stereocenters. The minimum absolute atomic E-state index is 0.668. The third-order valence-corrected chi connectivity index (χ3v) is 3.56. The fourth-order valence-electron chi connectivity index (χ4n) is 1.77. The monoisotopic (exact) mass is 339 g/mol. The highest BCUT2D eigenvalue weighted by molar-refractivity contribution is 9.10. The molecule has 2 aromatic carbocycles. The lowest BCUT2D eigenvalue weighted by atomic mass is 10.2. The molecular formula is C15H15BrClNO. The van der Waals surface area contributed by atoms with Gasteiger partial charge < -0.3 is 10.1 Å². The number of halogens is 2. The molecule has 0 aromatic heterocycles. The summed E-state index contributed by atoms with van der Waals surface area (Å²) in [7, 11) is 0. The summed E-state index contributed by atoms with van der Waals surface area (Å²) in [6, 6.07) is 13.7. The van der Waals surface area contributed by atoms with E-state index in [9.17, 15) is 0 Å². The van der Waals surface area contributed by atoms with Crippen molar-refractivity contribution in [1.29, 1.82) is 0 Å². The van der Waals surface area contributed by atoms with E-state index in [0.717, 1.165) is 21.5 Å². The van der Waals surface area contributed by atoms with Crippen LogP contribution >= 0.6 is 27.5 Å². The minimum Gasteiger partial charge on any atom is -0.494 e. The standard InChI is InChI=1S/C15H15BrClNO/c1-2-19-15-6-4-3-5-11(15)10-18-14-8-7-12(17)9-13(14)16/h3-9,18H,2,10H2,1H3. The number of nitrogens with one attached hydrogen (secondary N) is 1. The van der Waals surface area contributed by atoms with Gasteiger partial charge in [0.1, 0.15) is 5.75 Å². The van der Waals surface area contributed by atoms with Crippen LogP contribution in [-0.4, -0.2) is 6.61 Å². The SMILES string of the molecule is CCOc1ccccc1CNc1ccc(Cl)cc1Br. The molecule has 0 unspecified atom stereocenters. The number of benzene rings is 2. The lowest BCUT2D eigenvalue weighted by molar-refractivity contribution is 0.337. The summed E-state index contributed by atoms with van der Waals surface area (Å²) in [4.78, 5) is 0. The van der Waals surface area contributed by atoms with Gasteiger partial charge in [0.05, 0.1) is 6.61 Å². The smallest absolute Gasteiger partial charge is 0.124 e. The molecule has 0 aliphatic carbocycles. The number of ether oxygens (including phenoxy) is 1. The van der Waals surface area contributed by atoms with Crippen LogP contribution in [0, 0.1) is 0 Å². The summed E-state index contributed by atoms with van der Waals surface area (Å²) >= 11 is 9.41. The summed E-state index contributed by atoms with van der Waals surface area (Å²) < 4.78 is 6.55. The average molecular weight is 341 g/mol. The number of hydrogen-bond acceptors (Lipinski definition) is 2. The van der Waals surface area contributed by atoms with Crippen molar-refractivity contribution in [3.05, 3.63) is 57.5 Å². The third kappa shape index (κ3) is 3.88. The fourth-order valence-corrected chi connectivity index (χ4v) is 2.59. The highest BCUT2D eigenvalue weighted by Crippen LogP contribution is 2.27. The van der Waals surface area contributed by atoms with Crippen LogP contribution in [0.2, 0.25) is 5.02 Å². The molecule has 2 rings (SSSR count). The zero-order chi connectivity index (χ0) is 13.7. The fraction of sp³-hybridized carbons (Fsp3) is 0.200. The van der Waals surface area contributed by atoms with Crippen molar-refractivity contribution in [3.63, 3.8) is 0 Å². The van der Waals surface area contributed by atoms with Crippen molar-refractivity contribution in [1.82, 2.24) is 0 Å². The average Bonchev–Trinajstić information content (AvgIpc) is 2.40. The van der Waals surface area contributed by atoms with Crippen LogP contribution in [0.15, 0.2) is 46.9 Å². The van der Waals surface area contributed by atoms with Crippen molar-refractivity contribution in [2.45, 2.75) is 13.5 Å². The van der Waals surface area contributed by atoms with E-state index in [0.29, 0.717) is 18.2 Å². The van der Waals surface area contributed by atoms with Crippen LogP contribution in [0.4, 0.5) is 5.69 Å². The Kier molecular flexibility index (Phi) is 5.11. The molecular weight excluding hydrogens is 326 g/mol. The largest absolute Gasteiger partial charge is 0.494 e. The molecule has 4 heteroatoms. The highest BCUT2D eigenvalue weighted by atomic mass is 79.9.